The fourth-order valence-electron chi connectivity index (χ4n) is 4.06. The minimum atomic E-state index is -3.19. The molecule has 154 valence electrons. The molecule has 6 nitrogen and oxygen atoms in total. The maximum absolute atomic E-state index is 12.2. The largest absolute Gasteiger partial charge is 0.497 e. The molecule has 1 aromatic heterocycles. The lowest BCUT2D eigenvalue weighted by Crippen LogP contribution is -2.24. The Morgan fingerprint density at radius 1 is 1.14 bits per heavy atom. The molecule has 0 bridgehead atoms. The van der Waals surface area contributed by atoms with E-state index in [2.05, 4.69) is 18.4 Å². The normalized spacial score (nSPS) is 16.1. The third-order valence-corrected chi connectivity index (χ3v) is 7.26. The molecule has 0 radical (unpaired) electrons. The van der Waals surface area contributed by atoms with E-state index < -0.39 is 10.0 Å². The number of benzene rings is 2. The molecule has 1 saturated heterocycles. The van der Waals surface area contributed by atoms with E-state index in [9.17, 15) is 8.42 Å². The van der Waals surface area contributed by atoms with Gasteiger partial charge in [0.15, 0.2) is 0 Å². The molecule has 0 saturated carbocycles. The Hall–Kier alpha value is -2.67. The SMILES string of the molecule is COc1ccc2c(N)c(-c3ccc(N4CCCS4(=O)=O)cc3)n(CC(C)C)c2c1. The van der Waals surface area contributed by atoms with Gasteiger partial charge in [0.1, 0.15) is 5.75 Å². The van der Waals surface area contributed by atoms with Gasteiger partial charge in [0.05, 0.1) is 35.4 Å². The van der Waals surface area contributed by atoms with E-state index in [0.717, 1.165) is 40.1 Å². The Morgan fingerprint density at radius 2 is 1.86 bits per heavy atom. The third kappa shape index (κ3) is 3.44. The number of nitrogen functional groups attached to an aromatic ring is 1. The van der Waals surface area contributed by atoms with Crippen molar-refractivity contribution in [2.24, 2.45) is 5.92 Å². The first-order valence-electron chi connectivity index (χ1n) is 9.88. The van der Waals surface area contributed by atoms with Gasteiger partial charge in [0.25, 0.3) is 0 Å². The van der Waals surface area contributed by atoms with Crippen LogP contribution in [0.1, 0.15) is 20.3 Å². The molecule has 1 aliphatic heterocycles. The Balaban J connectivity index is 1.83. The van der Waals surface area contributed by atoms with Crippen LogP contribution in [0.3, 0.4) is 0 Å². The minimum Gasteiger partial charge on any atom is -0.497 e. The smallest absolute Gasteiger partial charge is 0.235 e. The van der Waals surface area contributed by atoms with Gasteiger partial charge in [-0.25, -0.2) is 8.42 Å². The van der Waals surface area contributed by atoms with Gasteiger partial charge in [-0.2, -0.15) is 0 Å². The number of rotatable bonds is 5. The zero-order valence-electron chi connectivity index (χ0n) is 17.1. The van der Waals surface area contributed by atoms with Gasteiger partial charge in [-0.3, -0.25) is 4.31 Å². The number of sulfonamides is 1. The quantitative estimate of drug-likeness (QED) is 0.683. The number of nitrogens with two attached hydrogens (primary N) is 1. The first kappa shape index (κ1) is 19.6. The van der Waals surface area contributed by atoms with Crippen molar-refractivity contribution in [1.82, 2.24) is 4.57 Å². The summed E-state index contributed by atoms with van der Waals surface area (Å²) in [6.07, 6.45) is 0.668. The van der Waals surface area contributed by atoms with E-state index in [1.165, 1.54) is 4.31 Å². The van der Waals surface area contributed by atoms with Crippen molar-refractivity contribution >= 4 is 32.3 Å². The molecule has 4 rings (SSSR count). The summed E-state index contributed by atoms with van der Waals surface area (Å²) in [6.45, 7) is 5.70. The number of nitrogens with zero attached hydrogens (tertiary/aromatic N) is 2. The highest BCUT2D eigenvalue weighted by molar-refractivity contribution is 7.93. The first-order chi connectivity index (χ1) is 13.8. The van der Waals surface area contributed by atoms with Gasteiger partial charge in [-0.1, -0.05) is 26.0 Å². The van der Waals surface area contributed by atoms with Gasteiger partial charge >= 0.3 is 0 Å². The Kier molecular flexibility index (Phi) is 4.94. The maximum atomic E-state index is 12.2. The highest BCUT2D eigenvalue weighted by atomic mass is 32.2. The second-order valence-electron chi connectivity index (χ2n) is 7.94. The van der Waals surface area contributed by atoms with E-state index in [-0.39, 0.29) is 5.75 Å². The average Bonchev–Trinajstić information content (AvgIpc) is 3.18. The third-order valence-electron chi connectivity index (χ3n) is 5.39. The summed E-state index contributed by atoms with van der Waals surface area (Å²) in [4.78, 5) is 0. The molecule has 0 atom stereocenters. The lowest BCUT2D eigenvalue weighted by atomic mass is 10.1. The van der Waals surface area contributed by atoms with E-state index in [1.807, 2.05) is 42.5 Å². The highest BCUT2D eigenvalue weighted by Gasteiger charge is 2.28. The molecule has 1 aliphatic rings. The monoisotopic (exact) mass is 413 g/mol. The Morgan fingerprint density at radius 3 is 2.45 bits per heavy atom. The second-order valence-corrected chi connectivity index (χ2v) is 9.95. The number of hydrogen-bond donors (Lipinski definition) is 1. The summed E-state index contributed by atoms with van der Waals surface area (Å²) in [5.74, 6) is 1.44. The molecule has 29 heavy (non-hydrogen) atoms. The van der Waals surface area contributed by atoms with Crippen molar-refractivity contribution < 1.29 is 13.2 Å². The van der Waals surface area contributed by atoms with E-state index in [1.54, 1.807) is 7.11 Å². The van der Waals surface area contributed by atoms with Crippen LogP contribution < -0.4 is 14.8 Å². The van der Waals surface area contributed by atoms with Crippen molar-refractivity contribution in [2.45, 2.75) is 26.8 Å². The summed E-state index contributed by atoms with van der Waals surface area (Å²) in [7, 11) is -1.53. The Labute approximate surface area is 171 Å². The molecule has 2 aromatic carbocycles. The fraction of sp³-hybridized carbons (Fsp3) is 0.364. The average molecular weight is 414 g/mol. The molecule has 7 heteroatoms. The lowest BCUT2D eigenvalue weighted by molar-refractivity contribution is 0.415. The fourth-order valence-corrected chi connectivity index (χ4v) is 5.63. The maximum Gasteiger partial charge on any atom is 0.235 e. The van der Waals surface area contributed by atoms with Gasteiger partial charge in [0, 0.05) is 30.1 Å². The van der Waals surface area contributed by atoms with Crippen molar-refractivity contribution in [3.8, 4) is 17.0 Å². The molecule has 0 unspecified atom stereocenters. The molecule has 2 N–H and O–H groups in total. The number of ether oxygens (including phenoxy) is 1. The van der Waals surface area contributed by atoms with Gasteiger partial charge in [0.2, 0.25) is 10.0 Å². The van der Waals surface area contributed by atoms with Crippen LogP contribution in [0.5, 0.6) is 5.75 Å². The van der Waals surface area contributed by atoms with Crippen LogP contribution in [0.2, 0.25) is 0 Å². The van der Waals surface area contributed by atoms with Gasteiger partial charge in [-0.05, 0) is 36.6 Å². The number of aromatic nitrogens is 1. The molecular weight excluding hydrogens is 386 g/mol. The predicted molar refractivity (Wildman–Crippen MR) is 119 cm³/mol. The number of fused-ring (bicyclic) bond motifs is 1. The van der Waals surface area contributed by atoms with Crippen LogP contribution in [0.15, 0.2) is 42.5 Å². The summed E-state index contributed by atoms with van der Waals surface area (Å²) >= 11 is 0. The minimum absolute atomic E-state index is 0.214. The molecule has 3 aromatic rings. The van der Waals surface area contributed by atoms with E-state index >= 15 is 0 Å². The molecule has 2 heterocycles. The zero-order chi connectivity index (χ0) is 20.8. The van der Waals surface area contributed by atoms with Gasteiger partial charge in [-0.15, -0.1) is 0 Å². The molecule has 0 amide bonds. The standard InChI is InChI=1S/C22H27N3O3S/c1-15(2)14-24-20-13-18(28-3)9-10-19(20)21(23)22(24)16-5-7-17(8-6-16)25-11-4-12-29(25,26)27/h5-10,13,15H,4,11-12,14,23H2,1-3H3. The van der Waals surface area contributed by atoms with Crippen LogP contribution in [-0.4, -0.2) is 32.4 Å². The topological polar surface area (TPSA) is 77.6 Å². The second kappa shape index (κ2) is 7.30. The van der Waals surface area contributed by atoms with E-state index in [4.69, 9.17) is 10.5 Å². The predicted octanol–water partition coefficient (Wildman–Crippen LogP) is 4.10. The molecule has 0 aliphatic carbocycles. The number of methoxy groups -OCH3 is 1. The summed E-state index contributed by atoms with van der Waals surface area (Å²) < 4.78 is 33.6. The van der Waals surface area contributed by atoms with Crippen LogP contribution in [0, 0.1) is 5.92 Å². The summed E-state index contributed by atoms with van der Waals surface area (Å²) in [6, 6.07) is 13.6. The molecule has 1 fully saturated rings. The summed E-state index contributed by atoms with van der Waals surface area (Å²) in [5.41, 5.74) is 11.0. The lowest BCUT2D eigenvalue weighted by Gasteiger charge is -2.18. The molecule has 0 spiro atoms. The zero-order valence-corrected chi connectivity index (χ0v) is 17.9. The van der Waals surface area contributed by atoms with E-state index in [0.29, 0.717) is 24.6 Å². The van der Waals surface area contributed by atoms with Crippen molar-refractivity contribution in [1.29, 1.82) is 0 Å². The van der Waals surface area contributed by atoms with Crippen LogP contribution >= 0.6 is 0 Å². The summed E-state index contributed by atoms with van der Waals surface area (Å²) in [5, 5.41) is 0.993. The Bertz CT molecular complexity index is 1150. The first-order valence-corrected chi connectivity index (χ1v) is 11.5. The van der Waals surface area contributed by atoms with Crippen LogP contribution in [0.25, 0.3) is 22.2 Å². The van der Waals surface area contributed by atoms with Crippen LogP contribution in [0.4, 0.5) is 11.4 Å². The molecular formula is C22H27N3O3S. The number of anilines is 2. The van der Waals surface area contributed by atoms with Crippen molar-refractivity contribution in [3.63, 3.8) is 0 Å². The number of hydrogen-bond acceptors (Lipinski definition) is 4. The van der Waals surface area contributed by atoms with Gasteiger partial charge < -0.3 is 15.0 Å². The van der Waals surface area contributed by atoms with Crippen molar-refractivity contribution in [3.05, 3.63) is 42.5 Å². The highest BCUT2D eigenvalue weighted by Crippen LogP contribution is 2.39. The van der Waals surface area contributed by atoms with Crippen LogP contribution in [-0.2, 0) is 16.6 Å². The van der Waals surface area contributed by atoms with Crippen molar-refractivity contribution in [2.75, 3.05) is 29.4 Å².